The maximum atomic E-state index is 12.7. The van der Waals surface area contributed by atoms with Crippen molar-refractivity contribution in [3.05, 3.63) is 52.2 Å². The molecule has 1 amide bonds. The Balaban J connectivity index is 1.38. The molecule has 3 heterocycles. The summed E-state index contributed by atoms with van der Waals surface area (Å²) in [4.78, 5) is 29.8. The minimum atomic E-state index is -4.64. The van der Waals surface area contributed by atoms with E-state index in [9.17, 15) is 22.8 Å². The van der Waals surface area contributed by atoms with Gasteiger partial charge in [-0.25, -0.2) is 4.98 Å². The summed E-state index contributed by atoms with van der Waals surface area (Å²) in [7, 11) is 0. The van der Waals surface area contributed by atoms with Gasteiger partial charge in [0.2, 0.25) is 0 Å². The Bertz CT molecular complexity index is 1100. The number of aromatic nitrogens is 4. The quantitative estimate of drug-likeness (QED) is 0.647. The number of carbonyl (C=O) groups excluding carboxylic acids is 1. The summed E-state index contributed by atoms with van der Waals surface area (Å²) in [6, 6.07) is 5.73. The van der Waals surface area contributed by atoms with Crippen molar-refractivity contribution in [1.82, 2.24) is 23.2 Å². The van der Waals surface area contributed by atoms with Crippen molar-refractivity contribution in [1.29, 1.82) is 0 Å². The molecule has 29 heavy (non-hydrogen) atoms. The van der Waals surface area contributed by atoms with E-state index < -0.39 is 17.4 Å². The highest BCUT2D eigenvalue weighted by Crippen LogP contribution is 2.26. The lowest BCUT2D eigenvalue weighted by Gasteiger charge is -2.32. The van der Waals surface area contributed by atoms with Gasteiger partial charge in [0.25, 0.3) is 11.5 Å². The van der Waals surface area contributed by atoms with Crippen LogP contribution in [0.5, 0.6) is 0 Å². The first-order valence-electron chi connectivity index (χ1n) is 8.96. The number of nitrogens with zero attached hydrogens (tertiary/aromatic N) is 5. The summed E-state index contributed by atoms with van der Waals surface area (Å²) in [5, 5.41) is 0. The minimum Gasteiger partial charge on any atom is -0.339 e. The second-order valence-corrected chi connectivity index (χ2v) is 7.49. The number of alkyl halides is 3. The van der Waals surface area contributed by atoms with E-state index in [2.05, 4.69) is 13.7 Å². The fourth-order valence-electron chi connectivity index (χ4n) is 3.41. The van der Waals surface area contributed by atoms with E-state index in [0.717, 1.165) is 23.6 Å². The molecule has 3 aromatic rings. The number of halogens is 3. The third-order valence-corrected chi connectivity index (χ3v) is 5.58. The van der Waals surface area contributed by atoms with Crippen LogP contribution in [0.25, 0.3) is 11.0 Å². The number of rotatable bonds is 3. The maximum Gasteiger partial charge on any atom is 0.433 e. The number of likely N-dealkylation sites (tertiary alicyclic amines) is 1. The molecule has 0 atom stereocenters. The normalized spacial score (nSPS) is 15.8. The van der Waals surface area contributed by atoms with Crippen molar-refractivity contribution in [2.24, 2.45) is 5.92 Å². The summed E-state index contributed by atoms with van der Waals surface area (Å²) >= 11 is 1.09. The summed E-state index contributed by atoms with van der Waals surface area (Å²) in [6.45, 7) is 1.31. The summed E-state index contributed by atoms with van der Waals surface area (Å²) < 4.78 is 47.3. The average Bonchev–Trinajstić information content (AvgIpc) is 3.16. The van der Waals surface area contributed by atoms with Crippen LogP contribution in [0.4, 0.5) is 13.2 Å². The standard InChI is InChI=1S/C18H16F3N5O2S/c19-18(20,21)15-8-16(27)26(10-22-15)9-11-3-5-25(6-4-11)17(28)12-1-2-13-14(7-12)24-29-23-13/h1-2,7-8,10-11H,3-6,9H2. The minimum absolute atomic E-state index is 0.0838. The number of amides is 1. The molecule has 0 bridgehead atoms. The monoisotopic (exact) mass is 423 g/mol. The first-order chi connectivity index (χ1) is 13.8. The molecule has 1 aliphatic rings. The Hall–Kier alpha value is -2.82. The highest BCUT2D eigenvalue weighted by atomic mass is 32.1. The maximum absolute atomic E-state index is 12.7. The SMILES string of the molecule is O=C(c1ccc2nsnc2c1)N1CCC(Cn2cnc(C(F)(F)F)cc2=O)CC1. The van der Waals surface area contributed by atoms with Gasteiger partial charge in [0.05, 0.1) is 18.1 Å². The van der Waals surface area contributed by atoms with Crippen LogP contribution in [0.1, 0.15) is 28.9 Å². The van der Waals surface area contributed by atoms with Gasteiger partial charge in [-0.2, -0.15) is 21.9 Å². The van der Waals surface area contributed by atoms with Crippen molar-refractivity contribution in [3.8, 4) is 0 Å². The molecule has 0 N–H and O–H groups in total. The Morgan fingerprint density at radius 2 is 1.86 bits per heavy atom. The van der Waals surface area contributed by atoms with E-state index in [-0.39, 0.29) is 18.4 Å². The Morgan fingerprint density at radius 1 is 1.14 bits per heavy atom. The largest absolute Gasteiger partial charge is 0.433 e. The number of hydrogen-bond donors (Lipinski definition) is 0. The van der Waals surface area contributed by atoms with Gasteiger partial charge in [-0.15, -0.1) is 0 Å². The van der Waals surface area contributed by atoms with Crippen molar-refractivity contribution >= 4 is 28.7 Å². The van der Waals surface area contributed by atoms with Gasteiger partial charge in [-0.3, -0.25) is 14.2 Å². The van der Waals surface area contributed by atoms with E-state index in [1.54, 1.807) is 23.1 Å². The molecule has 0 spiro atoms. The van der Waals surface area contributed by atoms with Crippen LogP contribution in [0.2, 0.25) is 0 Å². The van der Waals surface area contributed by atoms with Crippen molar-refractivity contribution < 1.29 is 18.0 Å². The van der Waals surface area contributed by atoms with E-state index in [0.29, 0.717) is 43.1 Å². The van der Waals surface area contributed by atoms with E-state index in [1.165, 1.54) is 4.57 Å². The van der Waals surface area contributed by atoms with Gasteiger partial charge in [0.15, 0.2) is 5.69 Å². The molecule has 0 saturated carbocycles. The van der Waals surface area contributed by atoms with Crippen LogP contribution in [0.3, 0.4) is 0 Å². The zero-order chi connectivity index (χ0) is 20.6. The van der Waals surface area contributed by atoms with E-state index in [1.807, 2.05) is 0 Å². The topological polar surface area (TPSA) is 81.0 Å². The lowest BCUT2D eigenvalue weighted by molar-refractivity contribution is -0.141. The summed E-state index contributed by atoms with van der Waals surface area (Å²) in [6.07, 6.45) is -2.39. The van der Waals surface area contributed by atoms with Crippen LogP contribution >= 0.6 is 11.7 Å². The Kier molecular flexibility index (Phi) is 5.07. The van der Waals surface area contributed by atoms with E-state index in [4.69, 9.17) is 0 Å². The molecule has 0 aliphatic carbocycles. The molecule has 4 rings (SSSR count). The summed E-state index contributed by atoms with van der Waals surface area (Å²) in [5.74, 6) is -0.00720. The number of benzene rings is 1. The van der Waals surface area contributed by atoms with Gasteiger partial charge in [0, 0.05) is 31.3 Å². The molecule has 1 aliphatic heterocycles. The highest BCUT2D eigenvalue weighted by Gasteiger charge is 2.33. The second-order valence-electron chi connectivity index (χ2n) is 6.97. The van der Waals surface area contributed by atoms with Crippen molar-refractivity contribution in [2.45, 2.75) is 25.6 Å². The van der Waals surface area contributed by atoms with Gasteiger partial charge in [0.1, 0.15) is 11.0 Å². The molecule has 0 unspecified atom stereocenters. The van der Waals surface area contributed by atoms with Crippen LogP contribution in [0.15, 0.2) is 35.4 Å². The Morgan fingerprint density at radius 3 is 2.55 bits per heavy atom. The van der Waals surface area contributed by atoms with Gasteiger partial charge >= 0.3 is 6.18 Å². The molecule has 1 saturated heterocycles. The summed E-state index contributed by atoms with van der Waals surface area (Å²) in [5.41, 5.74) is 0.0695. The molecular formula is C18H16F3N5O2S. The smallest absolute Gasteiger partial charge is 0.339 e. The zero-order valence-electron chi connectivity index (χ0n) is 15.1. The number of piperidine rings is 1. The van der Waals surface area contributed by atoms with Crippen molar-refractivity contribution in [3.63, 3.8) is 0 Å². The number of hydrogen-bond acceptors (Lipinski definition) is 6. The van der Waals surface area contributed by atoms with Crippen LogP contribution in [0, 0.1) is 5.92 Å². The van der Waals surface area contributed by atoms with Gasteiger partial charge < -0.3 is 4.90 Å². The van der Waals surface area contributed by atoms with Crippen LogP contribution in [-0.2, 0) is 12.7 Å². The molecule has 152 valence electrons. The molecule has 0 radical (unpaired) electrons. The molecular weight excluding hydrogens is 407 g/mol. The third-order valence-electron chi connectivity index (χ3n) is 5.03. The predicted molar refractivity (Wildman–Crippen MR) is 99.5 cm³/mol. The zero-order valence-corrected chi connectivity index (χ0v) is 15.9. The lowest BCUT2D eigenvalue weighted by Crippen LogP contribution is -2.40. The molecule has 11 heteroatoms. The molecule has 7 nitrogen and oxygen atoms in total. The third kappa shape index (κ3) is 4.14. The average molecular weight is 423 g/mol. The van der Waals surface area contributed by atoms with Gasteiger partial charge in [-0.05, 0) is 37.0 Å². The van der Waals surface area contributed by atoms with Gasteiger partial charge in [-0.1, -0.05) is 0 Å². The Labute approximate surface area is 167 Å². The second kappa shape index (κ2) is 7.54. The number of carbonyl (C=O) groups is 1. The number of fused-ring (bicyclic) bond motifs is 1. The van der Waals surface area contributed by atoms with Crippen LogP contribution in [-0.4, -0.2) is 42.2 Å². The predicted octanol–water partition coefficient (Wildman–Crippen LogP) is 2.82. The first-order valence-corrected chi connectivity index (χ1v) is 9.69. The first kappa shape index (κ1) is 19.5. The lowest BCUT2D eigenvalue weighted by atomic mass is 9.96. The fraction of sp³-hybridized carbons (Fsp3) is 0.389. The van der Waals surface area contributed by atoms with Crippen LogP contribution < -0.4 is 5.56 Å². The highest BCUT2D eigenvalue weighted by molar-refractivity contribution is 7.00. The van der Waals surface area contributed by atoms with E-state index >= 15 is 0 Å². The van der Waals surface area contributed by atoms with Crippen molar-refractivity contribution in [2.75, 3.05) is 13.1 Å². The molecule has 1 aromatic carbocycles. The molecule has 2 aromatic heterocycles. The fourth-order valence-corrected chi connectivity index (χ4v) is 3.93. The molecule has 1 fully saturated rings.